The van der Waals surface area contributed by atoms with Crippen molar-refractivity contribution in [2.75, 3.05) is 13.2 Å². The highest BCUT2D eigenvalue weighted by molar-refractivity contribution is 5.86. The van der Waals surface area contributed by atoms with Gasteiger partial charge in [0.05, 0.1) is 5.92 Å². The quantitative estimate of drug-likeness (QED) is 0.474. The van der Waals surface area contributed by atoms with Gasteiger partial charge in [-0.2, -0.15) is 0 Å². The molecule has 8 nitrogen and oxygen atoms in total. The Hall–Kier alpha value is -3.39. The van der Waals surface area contributed by atoms with Crippen molar-refractivity contribution in [3.63, 3.8) is 0 Å². The van der Waals surface area contributed by atoms with Crippen molar-refractivity contribution in [3.8, 4) is 11.1 Å². The molecule has 8 heteroatoms. The summed E-state index contributed by atoms with van der Waals surface area (Å²) in [6.07, 6.45) is 2.18. The molecule has 2 aromatic rings. The Morgan fingerprint density at radius 1 is 0.971 bits per heavy atom. The summed E-state index contributed by atoms with van der Waals surface area (Å²) < 4.78 is 5.62. The third kappa shape index (κ3) is 5.07. The lowest BCUT2D eigenvalue weighted by Gasteiger charge is -2.31. The van der Waals surface area contributed by atoms with Crippen LogP contribution in [0, 0.1) is 5.92 Å². The van der Waals surface area contributed by atoms with Crippen molar-refractivity contribution in [3.05, 3.63) is 59.7 Å². The van der Waals surface area contributed by atoms with Crippen LogP contribution < -0.4 is 10.6 Å². The molecule has 0 saturated heterocycles. The topological polar surface area (TPSA) is 125 Å². The van der Waals surface area contributed by atoms with Crippen molar-refractivity contribution < 1.29 is 29.3 Å². The molecule has 0 radical (unpaired) electrons. The van der Waals surface area contributed by atoms with Gasteiger partial charge in [0.15, 0.2) is 0 Å². The highest BCUT2D eigenvalue weighted by atomic mass is 16.5. The zero-order valence-corrected chi connectivity index (χ0v) is 18.9. The smallest absolute Gasteiger partial charge is 0.407 e. The number of aliphatic carboxylic acids is 1. The Bertz CT molecular complexity index is 1010. The largest absolute Gasteiger partial charge is 0.480 e. The fourth-order valence-electron chi connectivity index (χ4n) is 5.07. The van der Waals surface area contributed by atoms with Gasteiger partial charge in [0.1, 0.15) is 12.6 Å². The maximum absolute atomic E-state index is 12.8. The van der Waals surface area contributed by atoms with Gasteiger partial charge < -0.3 is 25.6 Å². The second kappa shape index (κ2) is 10.7. The number of carbonyl (C=O) groups is 3. The highest BCUT2D eigenvalue weighted by Gasteiger charge is 2.35. The molecule has 0 heterocycles. The summed E-state index contributed by atoms with van der Waals surface area (Å²) in [6.45, 7) is -0.162. The lowest BCUT2D eigenvalue weighted by atomic mass is 9.83. The lowest BCUT2D eigenvalue weighted by Crippen LogP contribution is -2.52. The molecule has 4 rings (SSSR count). The number of carbonyl (C=O) groups excluding carboxylic acids is 2. The number of benzene rings is 2. The van der Waals surface area contributed by atoms with Gasteiger partial charge in [-0.1, -0.05) is 61.4 Å². The third-order valence-corrected chi connectivity index (χ3v) is 6.78. The molecule has 180 valence electrons. The van der Waals surface area contributed by atoms with Gasteiger partial charge in [0.2, 0.25) is 5.91 Å². The van der Waals surface area contributed by atoms with Crippen molar-refractivity contribution >= 4 is 18.0 Å². The van der Waals surface area contributed by atoms with Gasteiger partial charge >= 0.3 is 12.1 Å². The summed E-state index contributed by atoms with van der Waals surface area (Å²) in [5.41, 5.74) is 4.53. The molecular weight excluding hydrogens is 436 g/mol. The number of carboxylic acid groups (broad SMARTS) is 1. The molecule has 1 saturated carbocycles. The van der Waals surface area contributed by atoms with Gasteiger partial charge in [-0.15, -0.1) is 0 Å². The SMILES string of the molecule is O=C(NC1CCCCC1C(=O)N[C@@H](CCO)C(=O)O)OCC1c2ccccc2-c2ccccc21. The lowest BCUT2D eigenvalue weighted by molar-refractivity contribution is -0.143. The number of alkyl carbamates (subject to hydrolysis) is 1. The van der Waals surface area contributed by atoms with Gasteiger partial charge in [0, 0.05) is 25.0 Å². The number of hydrogen-bond acceptors (Lipinski definition) is 5. The van der Waals surface area contributed by atoms with Crippen LogP contribution >= 0.6 is 0 Å². The second-order valence-corrected chi connectivity index (χ2v) is 8.88. The van der Waals surface area contributed by atoms with E-state index in [1.54, 1.807) is 0 Å². The Kier molecular flexibility index (Phi) is 7.47. The number of carboxylic acids is 1. The van der Waals surface area contributed by atoms with Crippen LogP contribution in [-0.2, 0) is 14.3 Å². The Morgan fingerprint density at radius 2 is 1.59 bits per heavy atom. The Morgan fingerprint density at radius 3 is 2.21 bits per heavy atom. The number of hydrogen-bond donors (Lipinski definition) is 4. The summed E-state index contributed by atoms with van der Waals surface area (Å²) in [7, 11) is 0. The van der Waals surface area contributed by atoms with Crippen LogP contribution in [0.2, 0.25) is 0 Å². The zero-order valence-electron chi connectivity index (χ0n) is 18.9. The van der Waals surface area contributed by atoms with Gasteiger partial charge in [0.25, 0.3) is 0 Å². The predicted octanol–water partition coefficient (Wildman–Crippen LogP) is 3.04. The summed E-state index contributed by atoms with van der Waals surface area (Å²) in [5.74, 6) is -2.23. The average molecular weight is 467 g/mol. The number of rotatable bonds is 8. The molecule has 4 N–H and O–H groups in total. The number of fused-ring (bicyclic) bond motifs is 3. The number of ether oxygens (including phenoxy) is 1. The van der Waals surface area contributed by atoms with Crippen molar-refractivity contribution in [2.45, 2.75) is 50.1 Å². The summed E-state index contributed by atoms with van der Waals surface area (Å²) in [4.78, 5) is 36.8. The van der Waals surface area contributed by atoms with E-state index in [9.17, 15) is 19.5 Å². The molecular formula is C26H30N2O6. The normalized spacial score (nSPS) is 20.0. The van der Waals surface area contributed by atoms with E-state index in [-0.39, 0.29) is 25.6 Å². The van der Waals surface area contributed by atoms with Gasteiger partial charge in [-0.25, -0.2) is 9.59 Å². The first-order valence-electron chi connectivity index (χ1n) is 11.7. The first kappa shape index (κ1) is 23.8. The maximum Gasteiger partial charge on any atom is 0.407 e. The molecule has 0 aliphatic heterocycles. The third-order valence-electron chi connectivity index (χ3n) is 6.78. The summed E-state index contributed by atoms with van der Waals surface area (Å²) in [6, 6.07) is 14.6. The van der Waals surface area contributed by atoms with Crippen molar-refractivity contribution in [1.82, 2.24) is 10.6 Å². The van der Waals surface area contributed by atoms with Gasteiger partial charge in [-0.05, 0) is 35.1 Å². The molecule has 2 unspecified atom stereocenters. The molecule has 3 atom stereocenters. The number of nitrogens with one attached hydrogen (secondary N) is 2. The van der Waals surface area contributed by atoms with Crippen LogP contribution in [0.4, 0.5) is 4.79 Å². The number of amides is 2. The van der Waals surface area contributed by atoms with Crippen LogP contribution in [0.25, 0.3) is 11.1 Å². The van der Waals surface area contributed by atoms with E-state index in [1.807, 2.05) is 36.4 Å². The fourth-order valence-corrected chi connectivity index (χ4v) is 5.07. The number of aliphatic hydroxyl groups is 1. The maximum atomic E-state index is 12.8. The number of aliphatic hydroxyl groups excluding tert-OH is 1. The summed E-state index contributed by atoms with van der Waals surface area (Å²) >= 11 is 0. The highest BCUT2D eigenvalue weighted by Crippen LogP contribution is 2.44. The molecule has 2 aliphatic rings. The van der Waals surface area contributed by atoms with E-state index in [0.717, 1.165) is 35.1 Å². The van der Waals surface area contributed by atoms with E-state index in [0.29, 0.717) is 12.8 Å². The van der Waals surface area contributed by atoms with Crippen molar-refractivity contribution in [2.24, 2.45) is 5.92 Å². The van der Waals surface area contributed by atoms with Crippen LogP contribution in [0.15, 0.2) is 48.5 Å². The minimum absolute atomic E-state index is 0.0570. The monoisotopic (exact) mass is 466 g/mol. The predicted molar refractivity (Wildman–Crippen MR) is 125 cm³/mol. The molecule has 1 fully saturated rings. The minimum atomic E-state index is -1.20. The first-order chi connectivity index (χ1) is 16.5. The molecule has 0 spiro atoms. The fraction of sp³-hybridized carbons (Fsp3) is 0.423. The Balaban J connectivity index is 1.38. The van der Waals surface area contributed by atoms with E-state index >= 15 is 0 Å². The average Bonchev–Trinajstić information content (AvgIpc) is 3.16. The first-order valence-corrected chi connectivity index (χ1v) is 11.7. The molecule has 0 aromatic heterocycles. The zero-order chi connectivity index (χ0) is 24.1. The van der Waals surface area contributed by atoms with Crippen LogP contribution in [0.5, 0.6) is 0 Å². The molecule has 2 aliphatic carbocycles. The molecule has 2 amide bonds. The minimum Gasteiger partial charge on any atom is -0.480 e. The summed E-state index contributed by atoms with van der Waals surface area (Å²) in [5, 5.41) is 23.7. The second-order valence-electron chi connectivity index (χ2n) is 8.88. The van der Waals surface area contributed by atoms with Crippen molar-refractivity contribution in [1.29, 1.82) is 0 Å². The van der Waals surface area contributed by atoms with E-state index in [2.05, 4.69) is 22.8 Å². The van der Waals surface area contributed by atoms with E-state index < -0.39 is 36.0 Å². The van der Waals surface area contributed by atoms with E-state index in [1.165, 1.54) is 0 Å². The van der Waals surface area contributed by atoms with Crippen LogP contribution in [-0.4, -0.2) is 53.5 Å². The van der Waals surface area contributed by atoms with Crippen LogP contribution in [0.1, 0.15) is 49.1 Å². The Labute approximate surface area is 198 Å². The molecule has 0 bridgehead atoms. The van der Waals surface area contributed by atoms with Crippen LogP contribution in [0.3, 0.4) is 0 Å². The van der Waals surface area contributed by atoms with Gasteiger partial charge in [-0.3, -0.25) is 4.79 Å². The standard InChI is InChI=1S/C26H30N2O6/c29-14-13-23(25(31)32)27-24(30)20-11-5-6-12-22(20)28-26(33)34-15-21-18-9-3-1-7-16(18)17-8-2-4-10-19(17)21/h1-4,7-10,20-23,29H,5-6,11-15H2,(H,27,30)(H,28,33)(H,31,32)/t20?,22?,23-/m0/s1. The van der Waals surface area contributed by atoms with E-state index in [4.69, 9.17) is 9.84 Å². The molecule has 2 aromatic carbocycles. The molecule has 34 heavy (non-hydrogen) atoms.